The molecule has 1 aliphatic heterocycles. The van der Waals surface area contributed by atoms with Gasteiger partial charge >= 0.3 is 11.9 Å². The lowest BCUT2D eigenvalue weighted by Crippen LogP contribution is -2.36. The van der Waals surface area contributed by atoms with Crippen molar-refractivity contribution < 1.29 is 23.8 Å². The van der Waals surface area contributed by atoms with E-state index >= 15 is 0 Å². The number of esters is 2. The van der Waals surface area contributed by atoms with E-state index in [1.54, 1.807) is 0 Å². The van der Waals surface area contributed by atoms with Crippen LogP contribution in [0.2, 0.25) is 0 Å². The summed E-state index contributed by atoms with van der Waals surface area (Å²) in [5.41, 5.74) is 0. The molecule has 0 aromatic carbocycles. The van der Waals surface area contributed by atoms with Crippen LogP contribution in [0.15, 0.2) is 0 Å². The van der Waals surface area contributed by atoms with E-state index in [1.165, 1.54) is 6.42 Å². The number of rotatable bonds is 6. The molecule has 0 radical (unpaired) electrons. The molecule has 3 fully saturated rings. The fourth-order valence-electron chi connectivity index (χ4n) is 3.11. The summed E-state index contributed by atoms with van der Waals surface area (Å²) in [6.45, 7) is 1.51. The number of carbonyl (C=O) groups is 2. The molecule has 0 aromatic rings. The Balaban J connectivity index is 1.49. The molecule has 5 heteroatoms. The van der Waals surface area contributed by atoms with Gasteiger partial charge in [0, 0.05) is 0 Å². The lowest BCUT2D eigenvalue weighted by molar-refractivity contribution is -0.164. The Morgan fingerprint density at radius 2 is 1.43 bits per heavy atom. The number of hydrogen-bond acceptors (Lipinski definition) is 5. The maximum Gasteiger partial charge on any atom is 0.309 e. The summed E-state index contributed by atoms with van der Waals surface area (Å²) in [7, 11) is 0. The summed E-state index contributed by atoms with van der Waals surface area (Å²) in [6.07, 6.45) is 7.06. The van der Waals surface area contributed by atoms with E-state index in [0.717, 1.165) is 38.5 Å². The third-order valence-corrected chi connectivity index (χ3v) is 4.87. The monoisotopic (exact) mass is 296 g/mol. The van der Waals surface area contributed by atoms with Gasteiger partial charge in [0.25, 0.3) is 0 Å². The molecule has 0 aromatic heterocycles. The summed E-state index contributed by atoms with van der Waals surface area (Å²) < 4.78 is 15.7. The molecule has 0 spiro atoms. The van der Waals surface area contributed by atoms with Crippen LogP contribution in [0.1, 0.15) is 44.9 Å². The van der Waals surface area contributed by atoms with Crippen molar-refractivity contribution >= 4 is 11.9 Å². The molecule has 2 saturated carbocycles. The standard InChI is InChI=1S/C16H24O5/c17-15(20-8-11-4-3-5-11)13-6-1-2-7-14(13)16(18)21-10-12-9-19-12/h11-14H,1-10H2. The van der Waals surface area contributed by atoms with Crippen molar-refractivity contribution in [3.63, 3.8) is 0 Å². The van der Waals surface area contributed by atoms with Crippen LogP contribution in [-0.4, -0.2) is 37.9 Å². The van der Waals surface area contributed by atoms with Gasteiger partial charge in [0.1, 0.15) is 12.7 Å². The van der Waals surface area contributed by atoms with Gasteiger partial charge < -0.3 is 14.2 Å². The summed E-state index contributed by atoms with van der Waals surface area (Å²) in [5.74, 6) is -0.560. The molecule has 3 unspecified atom stereocenters. The van der Waals surface area contributed by atoms with Crippen LogP contribution >= 0.6 is 0 Å². The number of hydrogen-bond donors (Lipinski definition) is 0. The molecular formula is C16H24O5. The molecule has 118 valence electrons. The van der Waals surface area contributed by atoms with Crippen LogP contribution in [0.5, 0.6) is 0 Å². The van der Waals surface area contributed by atoms with Gasteiger partial charge in [-0.05, 0) is 31.6 Å². The Labute approximate surface area is 125 Å². The molecule has 21 heavy (non-hydrogen) atoms. The predicted molar refractivity (Wildman–Crippen MR) is 74.4 cm³/mol. The third kappa shape index (κ3) is 3.96. The molecule has 5 nitrogen and oxygen atoms in total. The van der Waals surface area contributed by atoms with Crippen LogP contribution in [0.3, 0.4) is 0 Å². The van der Waals surface area contributed by atoms with Crippen molar-refractivity contribution in [2.75, 3.05) is 19.8 Å². The van der Waals surface area contributed by atoms with Gasteiger partial charge in [-0.2, -0.15) is 0 Å². The number of ether oxygens (including phenoxy) is 3. The average Bonchev–Trinajstić information content (AvgIpc) is 3.27. The van der Waals surface area contributed by atoms with Gasteiger partial charge in [-0.15, -0.1) is 0 Å². The summed E-state index contributed by atoms with van der Waals surface area (Å²) in [5, 5.41) is 0. The fraction of sp³-hybridized carbons (Fsp3) is 0.875. The van der Waals surface area contributed by atoms with Gasteiger partial charge in [-0.3, -0.25) is 9.59 Å². The third-order valence-electron chi connectivity index (χ3n) is 4.87. The van der Waals surface area contributed by atoms with Gasteiger partial charge in [0.2, 0.25) is 0 Å². The van der Waals surface area contributed by atoms with E-state index in [0.29, 0.717) is 25.7 Å². The van der Waals surface area contributed by atoms with Crippen LogP contribution in [-0.2, 0) is 23.8 Å². The highest BCUT2D eigenvalue weighted by Gasteiger charge is 2.39. The Morgan fingerprint density at radius 1 is 0.857 bits per heavy atom. The Bertz CT molecular complexity index is 386. The topological polar surface area (TPSA) is 65.1 Å². The lowest BCUT2D eigenvalue weighted by atomic mass is 9.79. The Hall–Kier alpha value is -1.10. The van der Waals surface area contributed by atoms with E-state index < -0.39 is 0 Å². The smallest absolute Gasteiger partial charge is 0.309 e. The molecule has 0 N–H and O–H groups in total. The highest BCUT2D eigenvalue weighted by Crippen LogP contribution is 2.33. The molecule has 0 amide bonds. The second kappa shape index (κ2) is 6.77. The van der Waals surface area contributed by atoms with E-state index in [2.05, 4.69) is 0 Å². The van der Waals surface area contributed by atoms with Crippen LogP contribution in [0.4, 0.5) is 0 Å². The average molecular weight is 296 g/mol. The van der Waals surface area contributed by atoms with Crippen molar-refractivity contribution in [3.05, 3.63) is 0 Å². The zero-order chi connectivity index (χ0) is 14.7. The largest absolute Gasteiger partial charge is 0.465 e. The first-order valence-electron chi connectivity index (χ1n) is 8.19. The molecule has 3 rings (SSSR count). The van der Waals surface area contributed by atoms with Gasteiger partial charge in [0.15, 0.2) is 0 Å². The minimum atomic E-state index is -0.327. The van der Waals surface area contributed by atoms with Gasteiger partial charge in [-0.1, -0.05) is 19.3 Å². The number of carbonyl (C=O) groups excluding carboxylic acids is 2. The highest BCUT2D eigenvalue weighted by molar-refractivity contribution is 5.82. The first kappa shape index (κ1) is 14.8. The van der Waals surface area contributed by atoms with E-state index in [-0.39, 0.29) is 29.9 Å². The molecule has 1 saturated heterocycles. The first-order valence-corrected chi connectivity index (χ1v) is 8.19. The van der Waals surface area contributed by atoms with E-state index in [4.69, 9.17) is 14.2 Å². The normalized spacial score (nSPS) is 32.1. The number of epoxide rings is 1. The van der Waals surface area contributed by atoms with E-state index in [1.807, 2.05) is 0 Å². The molecule has 3 atom stereocenters. The first-order chi connectivity index (χ1) is 10.2. The van der Waals surface area contributed by atoms with Crippen molar-refractivity contribution in [1.82, 2.24) is 0 Å². The van der Waals surface area contributed by atoms with Gasteiger partial charge in [0.05, 0.1) is 25.0 Å². The summed E-state index contributed by atoms with van der Waals surface area (Å²) in [4.78, 5) is 24.4. The summed E-state index contributed by atoms with van der Waals surface area (Å²) in [6, 6.07) is 0. The fourth-order valence-corrected chi connectivity index (χ4v) is 3.11. The SMILES string of the molecule is O=C(OCC1CCC1)C1CCCCC1C(=O)OCC1CO1. The second-order valence-corrected chi connectivity index (χ2v) is 6.51. The zero-order valence-electron chi connectivity index (χ0n) is 12.4. The minimum Gasteiger partial charge on any atom is -0.465 e. The van der Waals surface area contributed by atoms with Crippen LogP contribution in [0, 0.1) is 17.8 Å². The Kier molecular flexibility index (Phi) is 4.78. The Morgan fingerprint density at radius 3 is 1.90 bits per heavy atom. The van der Waals surface area contributed by atoms with Crippen molar-refractivity contribution in [1.29, 1.82) is 0 Å². The highest BCUT2D eigenvalue weighted by atomic mass is 16.6. The minimum absolute atomic E-state index is 0.0709. The molecule has 0 bridgehead atoms. The quantitative estimate of drug-likeness (QED) is 0.554. The van der Waals surface area contributed by atoms with Gasteiger partial charge in [-0.25, -0.2) is 0 Å². The van der Waals surface area contributed by atoms with Crippen LogP contribution in [0.25, 0.3) is 0 Å². The molecule has 3 aliphatic rings. The van der Waals surface area contributed by atoms with E-state index in [9.17, 15) is 9.59 Å². The second-order valence-electron chi connectivity index (χ2n) is 6.51. The predicted octanol–water partition coefficient (Wildman–Crippen LogP) is 2.08. The lowest BCUT2D eigenvalue weighted by Gasteiger charge is -2.30. The van der Waals surface area contributed by atoms with Crippen molar-refractivity contribution in [3.8, 4) is 0 Å². The zero-order valence-corrected chi connectivity index (χ0v) is 12.4. The van der Waals surface area contributed by atoms with Crippen LogP contribution < -0.4 is 0 Å². The maximum absolute atomic E-state index is 12.3. The molecular weight excluding hydrogens is 272 g/mol. The molecule has 1 heterocycles. The van der Waals surface area contributed by atoms with Crippen molar-refractivity contribution in [2.45, 2.75) is 51.0 Å². The maximum atomic E-state index is 12.3. The van der Waals surface area contributed by atoms with Crippen molar-refractivity contribution in [2.24, 2.45) is 17.8 Å². The summed E-state index contributed by atoms with van der Waals surface area (Å²) >= 11 is 0. The molecule has 2 aliphatic carbocycles.